The summed E-state index contributed by atoms with van der Waals surface area (Å²) in [5, 5.41) is 33.1. The van der Waals surface area contributed by atoms with Crippen LogP contribution >= 0.6 is 11.6 Å². The van der Waals surface area contributed by atoms with Gasteiger partial charge in [-0.2, -0.15) is 0 Å². The standard InChI is InChI=1S/C26H29ClF3NO6S/c1-25(2,34)22(32)12-26(35)14-4-5-15(26)9-17(8-14)38(36,37)21-7-13(3-6-18(21)27)24(33)31-16-10-19(28)23(30)20(29)11-16/h3,6-7,10-11,14-15,17,22,32,34-35H,4-5,8-9,12H2,1-2H3,(H,31,33). The number of amides is 1. The van der Waals surface area contributed by atoms with Crippen molar-refractivity contribution in [2.75, 3.05) is 5.32 Å². The molecule has 0 aliphatic heterocycles. The molecular weight excluding hydrogens is 547 g/mol. The van der Waals surface area contributed by atoms with Crippen LogP contribution in [0.25, 0.3) is 0 Å². The lowest BCUT2D eigenvalue weighted by atomic mass is 9.70. The van der Waals surface area contributed by atoms with Crippen molar-refractivity contribution in [3.05, 3.63) is 58.4 Å². The van der Waals surface area contributed by atoms with Gasteiger partial charge in [-0.05, 0) is 69.6 Å². The quantitative estimate of drug-likeness (QED) is 0.367. The molecule has 3 unspecified atom stereocenters. The summed E-state index contributed by atoms with van der Waals surface area (Å²) in [6.45, 7) is 2.88. The number of sulfone groups is 1. The lowest BCUT2D eigenvalue weighted by Gasteiger charge is -2.44. The van der Waals surface area contributed by atoms with Gasteiger partial charge in [0, 0.05) is 29.8 Å². The second-order valence-electron chi connectivity index (χ2n) is 10.8. The lowest BCUT2D eigenvalue weighted by molar-refractivity contribution is -0.129. The van der Waals surface area contributed by atoms with E-state index in [1.54, 1.807) is 0 Å². The second-order valence-corrected chi connectivity index (χ2v) is 13.4. The molecule has 0 aromatic heterocycles. The van der Waals surface area contributed by atoms with E-state index in [0.717, 1.165) is 6.07 Å². The maximum atomic E-state index is 13.7. The lowest BCUT2D eigenvalue weighted by Crippen LogP contribution is -2.52. The van der Waals surface area contributed by atoms with Gasteiger partial charge in [-0.1, -0.05) is 11.6 Å². The summed E-state index contributed by atoms with van der Waals surface area (Å²) in [6.07, 6.45) is 0.0549. The van der Waals surface area contributed by atoms with Gasteiger partial charge in [0.1, 0.15) is 0 Å². The smallest absolute Gasteiger partial charge is 0.255 e. The number of halogens is 4. The van der Waals surface area contributed by atoms with Gasteiger partial charge in [-0.25, -0.2) is 21.6 Å². The van der Waals surface area contributed by atoms with Crippen molar-refractivity contribution >= 4 is 33.0 Å². The Morgan fingerprint density at radius 2 is 1.68 bits per heavy atom. The van der Waals surface area contributed by atoms with E-state index in [-0.39, 0.29) is 40.4 Å². The zero-order valence-corrected chi connectivity index (χ0v) is 22.3. The number of carbonyl (C=O) groups is 1. The highest BCUT2D eigenvalue weighted by Gasteiger charge is 2.57. The second kappa shape index (κ2) is 10.1. The maximum Gasteiger partial charge on any atom is 0.255 e. The summed E-state index contributed by atoms with van der Waals surface area (Å²) in [5.41, 5.74) is -3.27. The monoisotopic (exact) mass is 575 g/mol. The minimum atomic E-state index is -4.08. The maximum absolute atomic E-state index is 13.7. The predicted molar refractivity (Wildman–Crippen MR) is 134 cm³/mol. The van der Waals surface area contributed by atoms with E-state index in [9.17, 15) is 41.7 Å². The largest absolute Gasteiger partial charge is 0.390 e. The van der Waals surface area contributed by atoms with Gasteiger partial charge >= 0.3 is 0 Å². The van der Waals surface area contributed by atoms with Crippen LogP contribution in [0.15, 0.2) is 35.2 Å². The minimum absolute atomic E-state index is 0.0837. The van der Waals surface area contributed by atoms with Crippen molar-refractivity contribution in [1.82, 2.24) is 0 Å². The Balaban J connectivity index is 1.56. The van der Waals surface area contributed by atoms with Crippen LogP contribution in [0, 0.1) is 29.3 Å². The van der Waals surface area contributed by atoms with E-state index in [1.165, 1.54) is 26.0 Å². The number of hydrogen-bond donors (Lipinski definition) is 4. The van der Waals surface area contributed by atoms with E-state index < -0.39 is 67.6 Å². The van der Waals surface area contributed by atoms with Gasteiger partial charge < -0.3 is 20.6 Å². The van der Waals surface area contributed by atoms with Crippen molar-refractivity contribution in [3.8, 4) is 0 Å². The Hall–Kier alpha value is -2.18. The molecule has 0 spiro atoms. The van der Waals surface area contributed by atoms with E-state index >= 15 is 0 Å². The molecule has 2 bridgehead atoms. The summed E-state index contributed by atoms with van der Waals surface area (Å²) < 4.78 is 67.5. The molecule has 4 rings (SSSR count). The van der Waals surface area contributed by atoms with Crippen molar-refractivity contribution < 1.29 is 41.7 Å². The number of aliphatic hydroxyl groups is 3. The van der Waals surface area contributed by atoms with Crippen molar-refractivity contribution in [3.63, 3.8) is 0 Å². The molecule has 38 heavy (non-hydrogen) atoms. The van der Waals surface area contributed by atoms with Gasteiger partial charge in [0.15, 0.2) is 27.3 Å². The van der Waals surface area contributed by atoms with E-state index in [0.29, 0.717) is 25.0 Å². The van der Waals surface area contributed by atoms with E-state index in [1.807, 2.05) is 0 Å². The van der Waals surface area contributed by atoms with Crippen LogP contribution in [-0.2, 0) is 9.84 Å². The average Bonchev–Trinajstić information content (AvgIpc) is 2.98. The molecule has 0 heterocycles. The summed E-state index contributed by atoms with van der Waals surface area (Å²) in [7, 11) is -4.08. The normalized spacial score (nSPS) is 26.3. The third-order valence-electron chi connectivity index (χ3n) is 7.89. The van der Waals surface area contributed by atoms with Gasteiger partial charge in [0.25, 0.3) is 5.91 Å². The molecule has 2 aliphatic carbocycles. The average molecular weight is 576 g/mol. The first-order valence-electron chi connectivity index (χ1n) is 12.2. The topological polar surface area (TPSA) is 124 Å². The highest BCUT2D eigenvalue weighted by atomic mass is 35.5. The van der Waals surface area contributed by atoms with Crippen molar-refractivity contribution in [1.29, 1.82) is 0 Å². The molecule has 208 valence electrons. The molecule has 12 heteroatoms. The van der Waals surface area contributed by atoms with Crippen LogP contribution in [0.5, 0.6) is 0 Å². The molecule has 0 saturated heterocycles. The molecule has 2 aromatic carbocycles. The first kappa shape index (κ1) is 28.8. The molecule has 0 radical (unpaired) electrons. The Bertz CT molecular complexity index is 1330. The minimum Gasteiger partial charge on any atom is -0.390 e. The predicted octanol–water partition coefficient (Wildman–Crippen LogP) is 4.22. The summed E-state index contributed by atoms with van der Waals surface area (Å²) in [4.78, 5) is 12.4. The van der Waals surface area contributed by atoms with Crippen molar-refractivity contribution in [2.24, 2.45) is 11.8 Å². The van der Waals surface area contributed by atoms with E-state index in [2.05, 4.69) is 5.32 Å². The number of anilines is 1. The Morgan fingerprint density at radius 3 is 2.21 bits per heavy atom. The molecule has 2 fully saturated rings. The third kappa shape index (κ3) is 5.31. The molecule has 3 atom stereocenters. The first-order valence-corrected chi connectivity index (χ1v) is 14.1. The van der Waals surface area contributed by atoms with Crippen LogP contribution < -0.4 is 5.32 Å². The highest BCUT2D eigenvalue weighted by Crippen LogP contribution is 2.54. The van der Waals surface area contributed by atoms with Crippen LogP contribution in [0.1, 0.15) is 56.3 Å². The number of fused-ring (bicyclic) bond motifs is 2. The Morgan fingerprint density at radius 1 is 1.13 bits per heavy atom. The number of benzene rings is 2. The zero-order chi connectivity index (χ0) is 28.2. The molecule has 2 aromatic rings. The fourth-order valence-corrected chi connectivity index (χ4v) is 8.03. The molecular formula is C26H29ClF3NO6S. The fourth-order valence-electron chi connectivity index (χ4n) is 5.63. The third-order valence-corrected chi connectivity index (χ3v) is 10.5. The summed E-state index contributed by atoms with van der Waals surface area (Å²) in [5.74, 6) is -6.42. The summed E-state index contributed by atoms with van der Waals surface area (Å²) >= 11 is 6.23. The molecule has 1 amide bonds. The number of rotatable bonds is 7. The Kier molecular flexibility index (Phi) is 7.65. The Labute approximate surface area is 223 Å². The van der Waals surface area contributed by atoms with Crippen molar-refractivity contribution in [2.45, 2.75) is 73.4 Å². The molecule has 4 N–H and O–H groups in total. The van der Waals surface area contributed by atoms with Crippen LogP contribution in [0.4, 0.5) is 18.9 Å². The SMILES string of the molecule is CC(C)(O)C(O)CC1(O)C2CCC1CC(S(=O)(=O)c1cc(C(=O)Nc3cc(F)c(F)c(F)c3)ccc1Cl)C2. The molecule has 7 nitrogen and oxygen atoms in total. The van der Waals surface area contributed by atoms with Crippen LogP contribution in [0.2, 0.25) is 5.02 Å². The number of carbonyl (C=O) groups excluding carboxylic acids is 1. The van der Waals surface area contributed by atoms with E-state index in [4.69, 9.17) is 11.6 Å². The highest BCUT2D eigenvalue weighted by molar-refractivity contribution is 7.92. The molecule has 2 aliphatic rings. The van der Waals surface area contributed by atoms with Crippen LogP contribution in [0.3, 0.4) is 0 Å². The zero-order valence-electron chi connectivity index (χ0n) is 20.7. The van der Waals surface area contributed by atoms with Crippen LogP contribution in [-0.4, -0.2) is 52.2 Å². The van der Waals surface area contributed by atoms with Gasteiger partial charge in [0.2, 0.25) is 0 Å². The summed E-state index contributed by atoms with van der Waals surface area (Å²) in [6, 6.07) is 4.73. The van der Waals surface area contributed by atoms with Gasteiger partial charge in [0.05, 0.1) is 32.5 Å². The van der Waals surface area contributed by atoms with Gasteiger partial charge in [-0.15, -0.1) is 0 Å². The number of hydrogen-bond acceptors (Lipinski definition) is 6. The fraction of sp³-hybridized carbons (Fsp3) is 0.500. The van der Waals surface area contributed by atoms with Gasteiger partial charge in [-0.3, -0.25) is 4.79 Å². The first-order chi connectivity index (χ1) is 17.5. The number of nitrogens with one attached hydrogen (secondary N) is 1. The molecule has 2 saturated carbocycles. The number of aliphatic hydroxyl groups excluding tert-OH is 1.